The van der Waals surface area contributed by atoms with Gasteiger partial charge in [-0.2, -0.15) is 0 Å². The lowest BCUT2D eigenvalue weighted by atomic mass is 9.98. The average molecular weight is 457 g/mol. The highest BCUT2D eigenvalue weighted by molar-refractivity contribution is 6.36. The molecule has 0 spiro atoms. The minimum absolute atomic E-state index is 0.00653. The second-order valence-corrected chi connectivity index (χ2v) is 8.23. The number of carbonyl (C=O) groups excluding carboxylic acids is 2. The van der Waals surface area contributed by atoms with Gasteiger partial charge in [0.25, 0.3) is 17.5 Å². The van der Waals surface area contributed by atoms with E-state index in [0.29, 0.717) is 17.7 Å². The van der Waals surface area contributed by atoms with Crippen molar-refractivity contribution in [3.63, 3.8) is 0 Å². The van der Waals surface area contributed by atoms with Crippen LogP contribution < -0.4 is 4.90 Å². The first-order chi connectivity index (χ1) is 16.4. The van der Waals surface area contributed by atoms with Crippen molar-refractivity contribution in [2.45, 2.75) is 19.4 Å². The van der Waals surface area contributed by atoms with Crippen molar-refractivity contribution in [2.24, 2.45) is 0 Å². The Kier molecular flexibility index (Phi) is 5.41. The number of anilines is 1. The number of rotatable bonds is 5. The molecule has 0 N–H and O–H groups in total. The van der Waals surface area contributed by atoms with E-state index in [4.69, 9.17) is 0 Å². The van der Waals surface area contributed by atoms with Crippen LogP contribution in [-0.2, 0) is 22.6 Å². The van der Waals surface area contributed by atoms with Crippen molar-refractivity contribution in [3.8, 4) is 0 Å². The number of fused-ring (bicyclic) bond motifs is 1. The molecule has 0 aliphatic carbocycles. The van der Waals surface area contributed by atoms with Crippen molar-refractivity contribution in [2.75, 3.05) is 11.4 Å². The van der Waals surface area contributed by atoms with E-state index < -0.39 is 22.6 Å². The Morgan fingerprint density at radius 2 is 1.62 bits per heavy atom. The zero-order chi connectivity index (χ0) is 23.8. The summed E-state index contributed by atoms with van der Waals surface area (Å²) in [6.45, 7) is 0.555. The maximum atomic E-state index is 13.7. The Morgan fingerprint density at radius 3 is 2.32 bits per heavy atom. The number of imide groups is 1. The third-order valence-electron chi connectivity index (χ3n) is 6.14. The number of hydrogen-bond donors (Lipinski definition) is 0. The highest BCUT2D eigenvalue weighted by Gasteiger charge is 2.42. The molecule has 2 heterocycles. The molecule has 0 saturated heterocycles. The van der Waals surface area contributed by atoms with Crippen molar-refractivity contribution in [3.05, 3.63) is 111 Å². The number of carbonyl (C=O) groups is 2. The summed E-state index contributed by atoms with van der Waals surface area (Å²) in [6.07, 6.45) is 1.68. The van der Waals surface area contributed by atoms with E-state index in [1.54, 1.807) is 0 Å². The molecule has 2 aliphatic rings. The molecule has 8 heteroatoms. The predicted octanol–water partition coefficient (Wildman–Crippen LogP) is 4.47. The molecule has 170 valence electrons. The number of para-hydroxylation sites is 1. The summed E-state index contributed by atoms with van der Waals surface area (Å²) in [5.74, 6) is -1.33. The molecule has 0 bridgehead atoms. The van der Waals surface area contributed by atoms with Crippen LogP contribution in [0, 0.1) is 15.9 Å². The first kappa shape index (κ1) is 21.5. The zero-order valence-corrected chi connectivity index (χ0v) is 18.1. The molecule has 0 saturated carbocycles. The van der Waals surface area contributed by atoms with Gasteiger partial charge in [-0.3, -0.25) is 24.6 Å². The Balaban J connectivity index is 1.61. The third-order valence-corrected chi connectivity index (χ3v) is 6.14. The van der Waals surface area contributed by atoms with Gasteiger partial charge in [-0.15, -0.1) is 0 Å². The minimum atomic E-state index is -0.511. The molecule has 34 heavy (non-hydrogen) atoms. The van der Waals surface area contributed by atoms with Gasteiger partial charge >= 0.3 is 0 Å². The molecule has 3 aromatic rings. The number of nitro benzene ring substituents is 1. The molecule has 0 radical (unpaired) electrons. The van der Waals surface area contributed by atoms with E-state index in [1.807, 2.05) is 29.2 Å². The maximum absolute atomic E-state index is 13.7. The summed E-state index contributed by atoms with van der Waals surface area (Å²) in [4.78, 5) is 40.9. The van der Waals surface area contributed by atoms with Crippen molar-refractivity contribution in [1.82, 2.24) is 4.90 Å². The highest BCUT2D eigenvalue weighted by atomic mass is 19.1. The van der Waals surface area contributed by atoms with E-state index in [-0.39, 0.29) is 23.5 Å². The SMILES string of the molecule is O=C1C(c2ccc([N+](=O)[O-])cc2)=C(N2CCCc3ccccc32)C(=O)N1Cc1ccc(F)cc1. The van der Waals surface area contributed by atoms with Crippen LogP contribution in [0.3, 0.4) is 0 Å². The van der Waals surface area contributed by atoms with Crippen LogP contribution in [0.4, 0.5) is 15.8 Å². The molecular formula is C26H20FN3O4. The van der Waals surface area contributed by atoms with Crippen LogP contribution >= 0.6 is 0 Å². The molecule has 0 unspecified atom stereocenters. The summed E-state index contributed by atoms with van der Waals surface area (Å²) < 4.78 is 13.4. The zero-order valence-electron chi connectivity index (χ0n) is 18.1. The monoisotopic (exact) mass is 457 g/mol. The fourth-order valence-corrected chi connectivity index (χ4v) is 4.51. The smallest absolute Gasteiger partial charge is 0.278 e. The minimum Gasteiger partial charge on any atom is -0.336 e. The van der Waals surface area contributed by atoms with E-state index in [1.165, 1.54) is 48.5 Å². The van der Waals surface area contributed by atoms with Gasteiger partial charge in [0.15, 0.2) is 0 Å². The van der Waals surface area contributed by atoms with Gasteiger partial charge in [0.1, 0.15) is 11.5 Å². The molecule has 2 aliphatic heterocycles. The molecule has 0 aromatic heterocycles. The van der Waals surface area contributed by atoms with Crippen LogP contribution in [-0.4, -0.2) is 28.2 Å². The number of nitro groups is 1. The fraction of sp³-hybridized carbons (Fsp3) is 0.154. The number of nitrogens with zero attached hydrogens (tertiary/aromatic N) is 3. The van der Waals surface area contributed by atoms with Crippen molar-refractivity contribution in [1.29, 1.82) is 0 Å². The molecule has 3 aromatic carbocycles. The quantitative estimate of drug-likeness (QED) is 0.321. The van der Waals surface area contributed by atoms with Crippen LogP contribution in [0.1, 0.15) is 23.1 Å². The topological polar surface area (TPSA) is 83.8 Å². The number of non-ortho nitro benzene ring substituents is 1. The standard InChI is InChI=1S/C26H20FN3O4/c27-20-11-7-17(8-12-20)16-29-25(31)23(19-9-13-21(14-10-19)30(33)34)24(26(29)32)28-15-3-5-18-4-1-2-6-22(18)28/h1-2,4,6-14H,3,5,15-16H2. The molecule has 2 amide bonds. The summed E-state index contributed by atoms with van der Waals surface area (Å²) >= 11 is 0. The normalized spacial score (nSPS) is 15.7. The van der Waals surface area contributed by atoms with Crippen molar-refractivity contribution >= 4 is 28.8 Å². The van der Waals surface area contributed by atoms with E-state index in [0.717, 1.165) is 29.0 Å². The lowest BCUT2D eigenvalue weighted by molar-refractivity contribution is -0.384. The Hall–Kier alpha value is -4.33. The van der Waals surface area contributed by atoms with E-state index >= 15 is 0 Å². The molecule has 0 atom stereocenters. The number of halogens is 1. The highest BCUT2D eigenvalue weighted by Crippen LogP contribution is 2.38. The average Bonchev–Trinajstić information content (AvgIpc) is 3.09. The second-order valence-electron chi connectivity index (χ2n) is 8.23. The molecule has 5 rings (SSSR count). The maximum Gasteiger partial charge on any atom is 0.278 e. The van der Waals surface area contributed by atoms with Gasteiger partial charge in [-0.05, 0) is 59.9 Å². The summed E-state index contributed by atoms with van der Waals surface area (Å²) in [5.41, 5.74) is 3.37. The van der Waals surface area contributed by atoms with E-state index in [2.05, 4.69) is 0 Å². The number of benzene rings is 3. The Bertz CT molecular complexity index is 1330. The lowest BCUT2D eigenvalue weighted by Gasteiger charge is -2.32. The van der Waals surface area contributed by atoms with Crippen molar-refractivity contribution < 1.29 is 18.9 Å². The predicted molar refractivity (Wildman–Crippen MR) is 124 cm³/mol. The first-order valence-electron chi connectivity index (χ1n) is 10.9. The number of aryl methyl sites for hydroxylation is 1. The third kappa shape index (κ3) is 3.73. The Morgan fingerprint density at radius 1 is 0.912 bits per heavy atom. The Labute approximate surface area is 194 Å². The lowest BCUT2D eigenvalue weighted by Crippen LogP contribution is -2.36. The summed E-state index contributed by atoms with van der Waals surface area (Å²) in [5, 5.41) is 11.1. The van der Waals surface area contributed by atoms with E-state index in [9.17, 15) is 24.1 Å². The number of amides is 2. The van der Waals surface area contributed by atoms with Crippen LogP contribution in [0.5, 0.6) is 0 Å². The van der Waals surface area contributed by atoms with Gasteiger partial charge in [-0.25, -0.2) is 4.39 Å². The second kappa shape index (κ2) is 8.55. The first-order valence-corrected chi connectivity index (χ1v) is 10.9. The van der Waals surface area contributed by atoms with Crippen LogP contribution in [0.25, 0.3) is 5.57 Å². The number of hydrogen-bond acceptors (Lipinski definition) is 5. The molecule has 7 nitrogen and oxygen atoms in total. The van der Waals surface area contributed by atoms with Gasteiger partial charge in [-0.1, -0.05) is 30.3 Å². The van der Waals surface area contributed by atoms with Gasteiger partial charge < -0.3 is 4.90 Å². The molecular weight excluding hydrogens is 437 g/mol. The van der Waals surface area contributed by atoms with Gasteiger partial charge in [0.05, 0.1) is 17.0 Å². The molecule has 0 fully saturated rings. The van der Waals surface area contributed by atoms with Gasteiger partial charge in [0, 0.05) is 24.4 Å². The van der Waals surface area contributed by atoms with Crippen LogP contribution in [0.2, 0.25) is 0 Å². The largest absolute Gasteiger partial charge is 0.336 e. The van der Waals surface area contributed by atoms with Crippen LogP contribution in [0.15, 0.2) is 78.5 Å². The van der Waals surface area contributed by atoms with Gasteiger partial charge in [0.2, 0.25) is 0 Å². The summed E-state index contributed by atoms with van der Waals surface area (Å²) in [6, 6.07) is 19.0. The summed E-state index contributed by atoms with van der Waals surface area (Å²) in [7, 11) is 0. The fourth-order valence-electron chi connectivity index (χ4n) is 4.51.